The average Bonchev–Trinajstić information content (AvgIpc) is 2.48. The minimum atomic E-state index is -0.630. The van der Waals surface area contributed by atoms with E-state index in [9.17, 15) is 10.2 Å². The number of aliphatic hydroxyl groups excluding tert-OH is 2. The molecule has 19 heavy (non-hydrogen) atoms. The summed E-state index contributed by atoms with van der Waals surface area (Å²) < 4.78 is 1.02. The third-order valence-electron chi connectivity index (χ3n) is 3.45. The summed E-state index contributed by atoms with van der Waals surface area (Å²) in [6.45, 7) is -0.160. The molecule has 0 saturated carbocycles. The lowest BCUT2D eigenvalue weighted by molar-refractivity contribution is 0.116. The highest BCUT2D eigenvalue weighted by atomic mass is 79.9. The van der Waals surface area contributed by atoms with Crippen LogP contribution in [0.3, 0.4) is 0 Å². The molecule has 0 bridgehead atoms. The van der Waals surface area contributed by atoms with Gasteiger partial charge in [-0.1, -0.05) is 58.4 Å². The summed E-state index contributed by atoms with van der Waals surface area (Å²) in [4.78, 5) is 0. The van der Waals surface area contributed by atoms with Crippen molar-refractivity contribution in [2.24, 2.45) is 0 Å². The molecular formula is C16H17BrO2. The smallest absolute Gasteiger partial charge is 0.0553 e. The number of rotatable bonds is 5. The van der Waals surface area contributed by atoms with E-state index in [1.807, 2.05) is 54.6 Å². The fraction of sp³-hybridized carbons (Fsp3) is 0.250. The van der Waals surface area contributed by atoms with Crippen molar-refractivity contribution in [2.75, 3.05) is 13.2 Å². The maximum absolute atomic E-state index is 9.78. The topological polar surface area (TPSA) is 40.5 Å². The lowest BCUT2D eigenvalue weighted by Gasteiger charge is -2.30. The van der Waals surface area contributed by atoms with Gasteiger partial charge >= 0.3 is 0 Å². The van der Waals surface area contributed by atoms with Crippen molar-refractivity contribution in [1.82, 2.24) is 0 Å². The van der Waals surface area contributed by atoms with Crippen LogP contribution in [0.4, 0.5) is 0 Å². The molecule has 2 rings (SSSR count). The maximum atomic E-state index is 9.78. The summed E-state index contributed by atoms with van der Waals surface area (Å²) >= 11 is 3.41. The van der Waals surface area contributed by atoms with Gasteiger partial charge in [0.2, 0.25) is 0 Å². The van der Waals surface area contributed by atoms with Gasteiger partial charge < -0.3 is 10.2 Å². The molecule has 0 saturated heterocycles. The molecular weight excluding hydrogens is 304 g/mol. The van der Waals surface area contributed by atoms with Crippen LogP contribution in [0.1, 0.15) is 11.1 Å². The predicted molar refractivity (Wildman–Crippen MR) is 80.1 cm³/mol. The number of benzene rings is 2. The predicted octanol–water partition coefficient (Wildman–Crippen LogP) is 2.91. The number of hydrogen-bond acceptors (Lipinski definition) is 2. The van der Waals surface area contributed by atoms with Gasteiger partial charge in [0.25, 0.3) is 0 Å². The Hall–Kier alpha value is -1.16. The lowest BCUT2D eigenvalue weighted by atomic mass is 9.77. The summed E-state index contributed by atoms with van der Waals surface area (Å²) in [5.74, 6) is 0. The lowest BCUT2D eigenvalue weighted by Crippen LogP contribution is -2.37. The highest BCUT2D eigenvalue weighted by molar-refractivity contribution is 9.10. The van der Waals surface area contributed by atoms with Gasteiger partial charge in [-0.15, -0.1) is 0 Å². The average molecular weight is 321 g/mol. The second-order valence-electron chi connectivity index (χ2n) is 4.77. The Labute approximate surface area is 121 Å². The summed E-state index contributed by atoms with van der Waals surface area (Å²) in [6, 6.07) is 17.6. The summed E-state index contributed by atoms with van der Waals surface area (Å²) in [5.41, 5.74) is 1.42. The molecule has 0 heterocycles. The number of aliphatic hydroxyl groups is 2. The van der Waals surface area contributed by atoms with Crippen LogP contribution in [0.2, 0.25) is 0 Å². The van der Waals surface area contributed by atoms with E-state index in [1.54, 1.807) is 0 Å². The number of halogens is 1. The Morgan fingerprint density at radius 2 is 1.42 bits per heavy atom. The van der Waals surface area contributed by atoms with Gasteiger partial charge in [0, 0.05) is 9.89 Å². The van der Waals surface area contributed by atoms with Crippen molar-refractivity contribution >= 4 is 15.9 Å². The molecule has 0 aromatic heterocycles. The normalized spacial score (nSPS) is 11.5. The molecule has 2 aromatic rings. The molecule has 0 aliphatic heterocycles. The van der Waals surface area contributed by atoms with Crippen LogP contribution in [0.25, 0.3) is 0 Å². The van der Waals surface area contributed by atoms with Crippen LogP contribution < -0.4 is 0 Å². The fourth-order valence-corrected chi connectivity index (χ4v) is 2.50. The maximum Gasteiger partial charge on any atom is 0.0553 e. The van der Waals surface area contributed by atoms with E-state index >= 15 is 0 Å². The number of hydrogen-bond donors (Lipinski definition) is 2. The van der Waals surface area contributed by atoms with Gasteiger partial charge in [-0.3, -0.25) is 0 Å². The Morgan fingerprint density at radius 1 is 0.842 bits per heavy atom. The SMILES string of the molecule is OCC(CO)(Cc1ccc(Br)cc1)c1ccccc1. The molecule has 2 N–H and O–H groups in total. The minimum Gasteiger partial charge on any atom is -0.395 e. The molecule has 0 unspecified atom stereocenters. The Kier molecular flexibility index (Phi) is 4.75. The van der Waals surface area contributed by atoms with E-state index < -0.39 is 5.41 Å². The zero-order valence-electron chi connectivity index (χ0n) is 10.6. The summed E-state index contributed by atoms with van der Waals surface area (Å²) in [7, 11) is 0. The third kappa shape index (κ3) is 3.24. The van der Waals surface area contributed by atoms with E-state index in [0.717, 1.165) is 15.6 Å². The van der Waals surface area contributed by atoms with Gasteiger partial charge in [0.15, 0.2) is 0 Å². The van der Waals surface area contributed by atoms with Crippen LogP contribution in [0.15, 0.2) is 59.1 Å². The molecule has 2 aromatic carbocycles. The Balaban J connectivity index is 2.32. The van der Waals surface area contributed by atoms with E-state index in [0.29, 0.717) is 6.42 Å². The standard InChI is InChI=1S/C16H17BrO2/c17-15-8-6-13(7-9-15)10-16(11-18,12-19)14-4-2-1-3-5-14/h1-9,18-19H,10-12H2. The van der Waals surface area contributed by atoms with Crippen molar-refractivity contribution in [3.8, 4) is 0 Å². The van der Waals surface area contributed by atoms with E-state index in [4.69, 9.17) is 0 Å². The van der Waals surface area contributed by atoms with Gasteiger partial charge in [-0.25, -0.2) is 0 Å². The molecule has 0 aliphatic carbocycles. The van der Waals surface area contributed by atoms with Crippen molar-refractivity contribution in [3.63, 3.8) is 0 Å². The monoisotopic (exact) mass is 320 g/mol. The molecule has 3 heteroatoms. The van der Waals surface area contributed by atoms with Gasteiger partial charge in [-0.2, -0.15) is 0 Å². The van der Waals surface area contributed by atoms with E-state index in [-0.39, 0.29) is 13.2 Å². The quantitative estimate of drug-likeness (QED) is 0.889. The van der Waals surface area contributed by atoms with Crippen LogP contribution >= 0.6 is 15.9 Å². The third-order valence-corrected chi connectivity index (χ3v) is 3.98. The van der Waals surface area contributed by atoms with E-state index in [1.165, 1.54) is 0 Å². The highest BCUT2D eigenvalue weighted by Crippen LogP contribution is 2.28. The zero-order chi connectivity index (χ0) is 13.7. The van der Waals surface area contributed by atoms with Crippen LogP contribution in [-0.2, 0) is 11.8 Å². The highest BCUT2D eigenvalue weighted by Gasteiger charge is 2.31. The van der Waals surface area contributed by atoms with Crippen molar-refractivity contribution < 1.29 is 10.2 Å². The van der Waals surface area contributed by atoms with Gasteiger partial charge in [0.05, 0.1) is 13.2 Å². The van der Waals surface area contributed by atoms with Crippen molar-refractivity contribution in [1.29, 1.82) is 0 Å². The van der Waals surface area contributed by atoms with Crippen molar-refractivity contribution in [2.45, 2.75) is 11.8 Å². The largest absolute Gasteiger partial charge is 0.395 e. The molecule has 0 atom stereocenters. The fourth-order valence-electron chi connectivity index (χ4n) is 2.23. The van der Waals surface area contributed by atoms with Crippen LogP contribution in [0, 0.1) is 0 Å². The summed E-state index contributed by atoms with van der Waals surface area (Å²) in [6.07, 6.45) is 0.608. The molecule has 0 fully saturated rings. The first kappa shape index (κ1) is 14.3. The zero-order valence-corrected chi connectivity index (χ0v) is 12.2. The molecule has 0 aliphatic rings. The van der Waals surface area contributed by atoms with Gasteiger partial charge in [0.1, 0.15) is 0 Å². The second-order valence-corrected chi connectivity index (χ2v) is 5.68. The second kappa shape index (κ2) is 6.33. The van der Waals surface area contributed by atoms with Gasteiger partial charge in [-0.05, 0) is 29.7 Å². The van der Waals surface area contributed by atoms with Crippen LogP contribution in [0.5, 0.6) is 0 Å². The van der Waals surface area contributed by atoms with Crippen LogP contribution in [-0.4, -0.2) is 23.4 Å². The minimum absolute atomic E-state index is 0.0798. The Morgan fingerprint density at radius 3 is 1.95 bits per heavy atom. The molecule has 0 spiro atoms. The molecule has 2 nitrogen and oxygen atoms in total. The first-order valence-corrected chi connectivity index (χ1v) is 7.01. The molecule has 0 radical (unpaired) electrons. The molecule has 0 amide bonds. The summed E-state index contributed by atoms with van der Waals surface area (Å²) in [5, 5.41) is 19.6. The first-order valence-electron chi connectivity index (χ1n) is 6.22. The van der Waals surface area contributed by atoms with E-state index in [2.05, 4.69) is 15.9 Å². The van der Waals surface area contributed by atoms with Crippen molar-refractivity contribution in [3.05, 3.63) is 70.2 Å². The molecule has 100 valence electrons. The first-order chi connectivity index (χ1) is 9.20. The Bertz CT molecular complexity index is 504.